The van der Waals surface area contributed by atoms with Crippen molar-refractivity contribution in [1.29, 1.82) is 0 Å². The monoisotopic (exact) mass is 330 g/mol. The first-order chi connectivity index (χ1) is 11.6. The molecule has 1 aromatic carbocycles. The predicted molar refractivity (Wildman–Crippen MR) is 94.2 cm³/mol. The van der Waals surface area contributed by atoms with E-state index >= 15 is 0 Å². The van der Waals surface area contributed by atoms with Crippen molar-refractivity contribution in [1.82, 2.24) is 5.32 Å². The average molecular weight is 330 g/mol. The van der Waals surface area contributed by atoms with E-state index in [-0.39, 0.29) is 0 Å². The van der Waals surface area contributed by atoms with Gasteiger partial charge in [0.1, 0.15) is 17.1 Å². The molecule has 1 aliphatic heterocycles. The molecule has 0 spiro atoms. The summed E-state index contributed by atoms with van der Waals surface area (Å²) >= 11 is 0. The van der Waals surface area contributed by atoms with Gasteiger partial charge in [0.2, 0.25) is 0 Å². The van der Waals surface area contributed by atoms with Crippen molar-refractivity contribution in [3.63, 3.8) is 0 Å². The molecule has 2 heterocycles. The molecule has 5 heteroatoms. The minimum Gasteiger partial charge on any atom is -0.463 e. The molecule has 0 amide bonds. The number of aliphatic hydroxyl groups is 1. The van der Waals surface area contributed by atoms with Crippen LogP contribution in [0.15, 0.2) is 40.8 Å². The zero-order chi connectivity index (χ0) is 17.0. The Kier molecular flexibility index (Phi) is 5.23. The maximum atomic E-state index is 10.6. The highest BCUT2D eigenvalue weighted by Gasteiger charge is 2.26. The van der Waals surface area contributed by atoms with Crippen molar-refractivity contribution in [2.45, 2.75) is 26.0 Å². The smallest absolute Gasteiger partial charge is 0.136 e. The first-order valence-electron chi connectivity index (χ1n) is 8.47. The lowest BCUT2D eigenvalue weighted by Crippen LogP contribution is -2.38. The predicted octanol–water partition coefficient (Wildman–Crippen LogP) is 2.42. The van der Waals surface area contributed by atoms with Crippen molar-refractivity contribution in [2.24, 2.45) is 0 Å². The quantitative estimate of drug-likeness (QED) is 0.852. The number of aryl methyl sites for hydroxylation is 1. The zero-order valence-electron chi connectivity index (χ0n) is 14.4. The summed E-state index contributed by atoms with van der Waals surface area (Å²) in [5.74, 6) is 1.40. The lowest BCUT2D eigenvalue weighted by atomic mass is 10.0. The largest absolute Gasteiger partial charge is 0.463 e. The summed E-state index contributed by atoms with van der Waals surface area (Å²) in [6.45, 7) is 8.15. The van der Waals surface area contributed by atoms with Gasteiger partial charge < -0.3 is 24.5 Å². The van der Waals surface area contributed by atoms with E-state index in [0.29, 0.717) is 18.8 Å². The topological polar surface area (TPSA) is 57.9 Å². The second-order valence-electron chi connectivity index (χ2n) is 6.52. The number of rotatable bonds is 6. The second-order valence-corrected chi connectivity index (χ2v) is 6.52. The van der Waals surface area contributed by atoms with Crippen LogP contribution < -0.4 is 10.2 Å². The van der Waals surface area contributed by atoms with Gasteiger partial charge in [-0.05, 0) is 37.6 Å². The Labute approximate surface area is 143 Å². The molecule has 1 aromatic heterocycles. The standard InChI is InChI=1S/C19H26N2O3/c1-15-7-8-18(24-15)19(2,22)14-20-13-16-5-3-4-6-17(16)21-9-11-23-12-10-21/h3-8,20,22H,9-14H2,1-2H3. The van der Waals surface area contributed by atoms with E-state index in [1.54, 1.807) is 6.92 Å². The molecule has 2 aromatic rings. The number of nitrogens with zero attached hydrogens (tertiary/aromatic N) is 1. The highest BCUT2D eigenvalue weighted by atomic mass is 16.5. The summed E-state index contributed by atoms with van der Waals surface area (Å²) in [6, 6.07) is 12.1. The maximum absolute atomic E-state index is 10.6. The molecule has 3 rings (SSSR count). The van der Waals surface area contributed by atoms with Crippen LogP contribution in [0.2, 0.25) is 0 Å². The third kappa shape index (κ3) is 3.98. The van der Waals surface area contributed by atoms with Crippen molar-refractivity contribution >= 4 is 5.69 Å². The lowest BCUT2D eigenvalue weighted by molar-refractivity contribution is 0.0333. The normalized spacial score (nSPS) is 17.7. The number of hydrogen-bond acceptors (Lipinski definition) is 5. The van der Waals surface area contributed by atoms with Gasteiger partial charge in [-0.15, -0.1) is 0 Å². The Bertz CT molecular complexity index is 660. The number of furan rings is 1. The molecule has 0 aliphatic carbocycles. The van der Waals surface area contributed by atoms with Gasteiger partial charge in [0.25, 0.3) is 0 Å². The molecule has 1 unspecified atom stereocenters. The fourth-order valence-corrected chi connectivity index (χ4v) is 3.02. The van der Waals surface area contributed by atoms with Crippen LogP contribution in [0.5, 0.6) is 0 Å². The third-order valence-corrected chi connectivity index (χ3v) is 4.40. The molecule has 1 saturated heterocycles. The first-order valence-corrected chi connectivity index (χ1v) is 8.47. The van der Waals surface area contributed by atoms with Crippen LogP contribution in [0.25, 0.3) is 0 Å². The maximum Gasteiger partial charge on any atom is 0.136 e. The van der Waals surface area contributed by atoms with Gasteiger partial charge in [-0.25, -0.2) is 0 Å². The Morgan fingerprint density at radius 3 is 2.62 bits per heavy atom. The van der Waals surface area contributed by atoms with Crippen LogP contribution in [0, 0.1) is 6.92 Å². The molecule has 5 nitrogen and oxygen atoms in total. The Morgan fingerprint density at radius 2 is 1.92 bits per heavy atom. The molecule has 0 bridgehead atoms. The minimum absolute atomic E-state index is 0.428. The molecule has 130 valence electrons. The molecule has 24 heavy (non-hydrogen) atoms. The highest BCUT2D eigenvalue weighted by molar-refractivity contribution is 5.53. The first kappa shape index (κ1) is 17.0. The molecular weight excluding hydrogens is 304 g/mol. The van der Waals surface area contributed by atoms with E-state index in [1.807, 2.05) is 19.1 Å². The molecular formula is C19H26N2O3. The summed E-state index contributed by atoms with van der Waals surface area (Å²) in [5.41, 5.74) is 1.44. The highest BCUT2D eigenvalue weighted by Crippen LogP contribution is 2.24. The molecule has 1 aliphatic rings. The minimum atomic E-state index is -1.03. The number of anilines is 1. The fraction of sp³-hybridized carbons (Fsp3) is 0.474. The van der Waals surface area contributed by atoms with Crippen LogP contribution in [-0.2, 0) is 16.9 Å². The number of benzene rings is 1. The van der Waals surface area contributed by atoms with E-state index in [0.717, 1.165) is 32.1 Å². The molecule has 2 N–H and O–H groups in total. The summed E-state index contributed by atoms with van der Waals surface area (Å²) in [6.07, 6.45) is 0. The SMILES string of the molecule is Cc1ccc(C(C)(O)CNCc2ccccc2N2CCOCC2)o1. The van der Waals surface area contributed by atoms with Gasteiger partial charge in [-0.1, -0.05) is 18.2 Å². The van der Waals surface area contributed by atoms with Gasteiger partial charge in [-0.2, -0.15) is 0 Å². The van der Waals surface area contributed by atoms with Crippen LogP contribution in [-0.4, -0.2) is 38.0 Å². The van der Waals surface area contributed by atoms with Gasteiger partial charge >= 0.3 is 0 Å². The van der Waals surface area contributed by atoms with Crippen LogP contribution in [0.4, 0.5) is 5.69 Å². The number of nitrogens with one attached hydrogen (secondary N) is 1. The van der Waals surface area contributed by atoms with Gasteiger partial charge in [-0.3, -0.25) is 0 Å². The van der Waals surface area contributed by atoms with Crippen molar-refractivity contribution < 1.29 is 14.3 Å². The third-order valence-electron chi connectivity index (χ3n) is 4.40. The molecule has 0 radical (unpaired) electrons. The van der Waals surface area contributed by atoms with Crippen LogP contribution >= 0.6 is 0 Å². The van der Waals surface area contributed by atoms with Gasteiger partial charge in [0, 0.05) is 31.9 Å². The second kappa shape index (κ2) is 7.38. The zero-order valence-corrected chi connectivity index (χ0v) is 14.4. The van der Waals surface area contributed by atoms with E-state index in [4.69, 9.17) is 9.15 Å². The average Bonchev–Trinajstić information content (AvgIpc) is 3.03. The summed E-state index contributed by atoms with van der Waals surface area (Å²) in [4.78, 5) is 2.36. The van der Waals surface area contributed by atoms with Crippen molar-refractivity contribution in [3.05, 3.63) is 53.5 Å². The number of ether oxygens (including phenoxy) is 1. The lowest BCUT2D eigenvalue weighted by Gasteiger charge is -2.31. The van der Waals surface area contributed by atoms with Crippen LogP contribution in [0.3, 0.4) is 0 Å². The van der Waals surface area contributed by atoms with Crippen LogP contribution in [0.1, 0.15) is 24.0 Å². The van der Waals surface area contributed by atoms with Gasteiger partial charge in [0.05, 0.1) is 13.2 Å². The molecule has 1 atom stereocenters. The summed E-state index contributed by atoms with van der Waals surface area (Å²) < 4.78 is 11.0. The van der Waals surface area contributed by atoms with E-state index in [9.17, 15) is 5.11 Å². The Balaban J connectivity index is 1.62. The number of hydrogen-bond donors (Lipinski definition) is 2. The Morgan fingerprint density at radius 1 is 1.17 bits per heavy atom. The van der Waals surface area contributed by atoms with Gasteiger partial charge in [0.15, 0.2) is 0 Å². The molecule has 0 saturated carbocycles. The summed E-state index contributed by atoms with van der Waals surface area (Å²) in [5, 5.41) is 14.0. The van der Waals surface area contributed by atoms with E-state index in [1.165, 1.54) is 11.3 Å². The fourth-order valence-electron chi connectivity index (χ4n) is 3.02. The Hall–Kier alpha value is -1.82. The van der Waals surface area contributed by atoms with Crippen molar-refractivity contribution in [3.8, 4) is 0 Å². The molecule has 1 fully saturated rings. The van der Waals surface area contributed by atoms with E-state index in [2.05, 4.69) is 34.5 Å². The number of morpholine rings is 1. The summed E-state index contributed by atoms with van der Waals surface area (Å²) in [7, 11) is 0. The van der Waals surface area contributed by atoms with E-state index < -0.39 is 5.60 Å². The number of para-hydroxylation sites is 1. The van der Waals surface area contributed by atoms with Crippen molar-refractivity contribution in [2.75, 3.05) is 37.7 Å².